The van der Waals surface area contributed by atoms with Crippen molar-refractivity contribution < 1.29 is 19.4 Å². The van der Waals surface area contributed by atoms with E-state index in [1.165, 1.54) is 0 Å². The number of carbonyl (C=O) groups excluding carboxylic acids is 1. The Morgan fingerprint density at radius 1 is 1.38 bits per heavy atom. The summed E-state index contributed by atoms with van der Waals surface area (Å²) in [5.41, 5.74) is -0.525. The van der Waals surface area contributed by atoms with E-state index in [0.717, 1.165) is 6.42 Å². The first-order chi connectivity index (χ1) is 7.29. The minimum Gasteiger partial charge on any atom is -0.481 e. The second-order valence-corrected chi connectivity index (χ2v) is 5.54. The van der Waals surface area contributed by atoms with Crippen LogP contribution in [-0.4, -0.2) is 40.3 Å². The fraction of sp³-hybridized carbons (Fsp3) is 0.818. The second kappa shape index (κ2) is 3.37. The number of nitrogens with zero attached hydrogens (tertiary/aromatic N) is 1. The molecule has 1 aliphatic carbocycles. The van der Waals surface area contributed by atoms with E-state index < -0.39 is 17.5 Å². The van der Waals surface area contributed by atoms with Crippen LogP contribution in [0.5, 0.6) is 0 Å². The highest BCUT2D eigenvalue weighted by molar-refractivity contribution is 5.76. The van der Waals surface area contributed by atoms with E-state index in [1.54, 1.807) is 25.7 Å². The van der Waals surface area contributed by atoms with Crippen molar-refractivity contribution in [2.75, 3.05) is 6.54 Å². The number of ether oxygens (including phenoxy) is 1. The van der Waals surface area contributed by atoms with Crippen LogP contribution in [0.1, 0.15) is 27.2 Å². The normalized spacial score (nSPS) is 32.2. The minimum absolute atomic E-state index is 0.0935. The number of carboxylic acids is 1. The molecule has 1 aliphatic heterocycles. The summed E-state index contributed by atoms with van der Waals surface area (Å²) in [5, 5.41) is 8.96. The summed E-state index contributed by atoms with van der Waals surface area (Å²) in [7, 11) is 0. The predicted octanol–water partition coefficient (Wildman–Crippen LogP) is 1.33. The SMILES string of the molecule is CC(C)(C)OC(=O)N1C[C@H](C(=O)O)[C@@H]2C[C@@H]21. The molecule has 0 unspecified atom stereocenters. The zero-order chi connectivity index (χ0) is 12.1. The summed E-state index contributed by atoms with van der Waals surface area (Å²) in [6, 6.07) is 0.0935. The van der Waals surface area contributed by atoms with E-state index in [2.05, 4.69) is 0 Å². The molecule has 0 aromatic carbocycles. The first-order valence-corrected chi connectivity index (χ1v) is 5.52. The third-order valence-electron chi connectivity index (χ3n) is 3.06. The van der Waals surface area contributed by atoms with Crippen LogP contribution in [0.25, 0.3) is 0 Å². The number of fused-ring (bicyclic) bond motifs is 1. The van der Waals surface area contributed by atoms with Crippen molar-refractivity contribution in [3.05, 3.63) is 0 Å². The third-order valence-corrected chi connectivity index (χ3v) is 3.06. The van der Waals surface area contributed by atoms with Crippen LogP contribution in [0.3, 0.4) is 0 Å². The van der Waals surface area contributed by atoms with Gasteiger partial charge in [-0.05, 0) is 33.1 Å². The summed E-state index contributed by atoms with van der Waals surface area (Å²) in [6.45, 7) is 5.71. The highest BCUT2D eigenvalue weighted by atomic mass is 16.6. The Hall–Kier alpha value is -1.26. The van der Waals surface area contributed by atoms with Gasteiger partial charge in [0.15, 0.2) is 0 Å². The Labute approximate surface area is 94.4 Å². The number of carbonyl (C=O) groups is 2. The average molecular weight is 227 g/mol. The summed E-state index contributed by atoms with van der Waals surface area (Å²) in [4.78, 5) is 24.3. The standard InChI is InChI=1S/C11H17NO4/c1-11(2,3)16-10(15)12-5-7(9(13)14)6-4-8(6)12/h6-8H,4-5H2,1-3H3,(H,13,14)/t6-,7-,8-/m0/s1. The summed E-state index contributed by atoms with van der Waals surface area (Å²) in [6.07, 6.45) is 0.416. The van der Waals surface area contributed by atoms with E-state index in [1.807, 2.05) is 0 Å². The maximum absolute atomic E-state index is 11.8. The van der Waals surface area contributed by atoms with E-state index >= 15 is 0 Å². The molecule has 0 aromatic rings. The van der Waals surface area contributed by atoms with Gasteiger partial charge in [-0.1, -0.05) is 0 Å². The molecule has 1 N–H and O–H groups in total. The van der Waals surface area contributed by atoms with Gasteiger partial charge in [-0.2, -0.15) is 0 Å². The van der Waals surface area contributed by atoms with Gasteiger partial charge in [0.2, 0.25) is 0 Å². The maximum atomic E-state index is 11.8. The summed E-state index contributed by atoms with van der Waals surface area (Å²) in [5.74, 6) is -1.07. The van der Waals surface area contributed by atoms with Crippen LogP contribution < -0.4 is 0 Å². The Morgan fingerprint density at radius 3 is 2.44 bits per heavy atom. The van der Waals surface area contributed by atoms with Crippen molar-refractivity contribution in [3.63, 3.8) is 0 Å². The molecule has 0 radical (unpaired) electrons. The predicted molar refractivity (Wildman–Crippen MR) is 56.0 cm³/mol. The molecule has 2 fully saturated rings. The van der Waals surface area contributed by atoms with Gasteiger partial charge in [0, 0.05) is 12.6 Å². The highest BCUT2D eigenvalue weighted by Gasteiger charge is 2.58. The average Bonchev–Trinajstić information content (AvgIpc) is 2.76. The number of rotatable bonds is 1. The molecule has 5 nitrogen and oxygen atoms in total. The summed E-state index contributed by atoms with van der Waals surface area (Å²) >= 11 is 0. The molecule has 1 saturated carbocycles. The zero-order valence-corrected chi connectivity index (χ0v) is 9.77. The number of amides is 1. The summed E-state index contributed by atoms with van der Waals surface area (Å²) < 4.78 is 5.24. The van der Waals surface area contributed by atoms with Gasteiger partial charge in [-0.3, -0.25) is 4.79 Å². The van der Waals surface area contributed by atoms with Crippen LogP contribution in [0.2, 0.25) is 0 Å². The molecule has 1 heterocycles. The lowest BCUT2D eigenvalue weighted by Crippen LogP contribution is -2.38. The van der Waals surface area contributed by atoms with E-state index in [9.17, 15) is 9.59 Å². The molecule has 2 rings (SSSR count). The molecule has 16 heavy (non-hydrogen) atoms. The molecule has 3 atom stereocenters. The highest BCUT2D eigenvalue weighted by Crippen LogP contribution is 2.48. The van der Waals surface area contributed by atoms with Crippen LogP contribution in [0, 0.1) is 11.8 Å². The fourth-order valence-electron chi connectivity index (χ4n) is 2.27. The first kappa shape index (κ1) is 11.2. The van der Waals surface area contributed by atoms with Crippen molar-refractivity contribution >= 4 is 12.1 Å². The van der Waals surface area contributed by atoms with Gasteiger partial charge in [-0.25, -0.2) is 4.79 Å². The van der Waals surface area contributed by atoms with Crippen molar-refractivity contribution in [2.24, 2.45) is 11.8 Å². The van der Waals surface area contributed by atoms with Gasteiger partial charge in [0.1, 0.15) is 5.60 Å². The Bertz CT molecular complexity index is 333. The Balaban J connectivity index is 1.98. The number of piperidine rings is 1. The van der Waals surface area contributed by atoms with E-state index in [0.29, 0.717) is 6.54 Å². The zero-order valence-electron chi connectivity index (χ0n) is 9.77. The quantitative estimate of drug-likeness (QED) is 0.733. The molecule has 0 spiro atoms. The van der Waals surface area contributed by atoms with Gasteiger partial charge in [0.05, 0.1) is 5.92 Å². The first-order valence-electron chi connectivity index (χ1n) is 5.52. The molecule has 1 saturated heterocycles. The molecule has 5 heteroatoms. The lowest BCUT2D eigenvalue weighted by molar-refractivity contribution is -0.142. The number of likely N-dealkylation sites (tertiary alicyclic amines) is 1. The van der Waals surface area contributed by atoms with Gasteiger partial charge in [-0.15, -0.1) is 0 Å². The van der Waals surface area contributed by atoms with Crippen LogP contribution in [0.15, 0.2) is 0 Å². The molecule has 0 bridgehead atoms. The van der Waals surface area contributed by atoms with Crippen molar-refractivity contribution in [1.82, 2.24) is 4.90 Å². The van der Waals surface area contributed by atoms with Gasteiger partial charge in [0.25, 0.3) is 0 Å². The minimum atomic E-state index is -0.807. The smallest absolute Gasteiger partial charge is 0.410 e. The Kier molecular flexibility index (Phi) is 2.36. The number of aliphatic carboxylic acids is 1. The van der Waals surface area contributed by atoms with E-state index in [4.69, 9.17) is 9.84 Å². The van der Waals surface area contributed by atoms with Crippen LogP contribution in [-0.2, 0) is 9.53 Å². The van der Waals surface area contributed by atoms with Crippen molar-refractivity contribution in [3.8, 4) is 0 Å². The molecule has 90 valence electrons. The van der Waals surface area contributed by atoms with Gasteiger partial charge >= 0.3 is 12.1 Å². The molecular formula is C11H17NO4. The number of hydrogen-bond donors (Lipinski definition) is 1. The maximum Gasteiger partial charge on any atom is 0.410 e. The Morgan fingerprint density at radius 2 is 2.00 bits per heavy atom. The second-order valence-electron chi connectivity index (χ2n) is 5.54. The monoisotopic (exact) mass is 227 g/mol. The third kappa shape index (κ3) is 1.99. The van der Waals surface area contributed by atoms with Crippen LogP contribution in [0.4, 0.5) is 4.79 Å². The topological polar surface area (TPSA) is 66.8 Å². The lowest BCUT2D eigenvalue weighted by atomic mass is 10.1. The molecule has 0 aromatic heterocycles. The number of carboxylic acid groups (broad SMARTS) is 1. The van der Waals surface area contributed by atoms with Crippen LogP contribution >= 0.6 is 0 Å². The van der Waals surface area contributed by atoms with Crippen molar-refractivity contribution in [2.45, 2.75) is 38.8 Å². The van der Waals surface area contributed by atoms with Gasteiger partial charge < -0.3 is 14.7 Å². The fourth-order valence-corrected chi connectivity index (χ4v) is 2.27. The lowest BCUT2D eigenvalue weighted by Gasteiger charge is -2.25. The van der Waals surface area contributed by atoms with E-state index in [-0.39, 0.29) is 18.1 Å². The molecule has 2 aliphatic rings. The largest absolute Gasteiger partial charge is 0.481 e. The molecular weight excluding hydrogens is 210 g/mol. The number of hydrogen-bond acceptors (Lipinski definition) is 3. The molecule has 1 amide bonds. The van der Waals surface area contributed by atoms with Crippen molar-refractivity contribution in [1.29, 1.82) is 0 Å².